The highest BCUT2D eigenvalue weighted by Crippen LogP contribution is 2.30. The van der Waals surface area contributed by atoms with E-state index in [4.69, 9.17) is 0 Å². The first-order valence-corrected chi connectivity index (χ1v) is 9.01. The molecule has 0 saturated carbocycles. The summed E-state index contributed by atoms with van der Waals surface area (Å²) < 4.78 is 0. The zero-order valence-electron chi connectivity index (χ0n) is 14.6. The van der Waals surface area contributed by atoms with Crippen molar-refractivity contribution >= 4 is 40.1 Å². The van der Waals surface area contributed by atoms with Crippen molar-refractivity contribution in [1.82, 2.24) is 5.43 Å². The Labute approximate surface area is 159 Å². The molecular weight excluding hydrogens is 368 g/mol. The number of anilines is 1. The summed E-state index contributed by atoms with van der Waals surface area (Å²) in [4.78, 5) is 36.2. The number of benzene rings is 2. The van der Waals surface area contributed by atoms with Crippen LogP contribution in [-0.2, 0) is 4.79 Å². The molecule has 2 aromatic carbocycles. The average Bonchev–Trinajstić information content (AvgIpc) is 3.02. The summed E-state index contributed by atoms with van der Waals surface area (Å²) in [6.45, 7) is 3.88. The minimum absolute atomic E-state index is 0.101. The number of non-ortho nitro benzene ring substituents is 1. The number of rotatable bonds is 4. The molecule has 138 valence electrons. The predicted molar refractivity (Wildman–Crippen MR) is 104 cm³/mol. The van der Waals surface area contributed by atoms with E-state index < -0.39 is 10.8 Å². The molecule has 0 unspecified atom stereocenters. The van der Waals surface area contributed by atoms with E-state index in [-0.39, 0.29) is 22.9 Å². The molecule has 1 aliphatic heterocycles. The van der Waals surface area contributed by atoms with Crippen LogP contribution in [0.2, 0.25) is 0 Å². The number of hydrogen-bond acceptors (Lipinski definition) is 6. The zero-order valence-corrected chi connectivity index (χ0v) is 15.4. The van der Waals surface area contributed by atoms with Crippen molar-refractivity contribution < 1.29 is 14.5 Å². The van der Waals surface area contributed by atoms with E-state index >= 15 is 0 Å². The van der Waals surface area contributed by atoms with Crippen LogP contribution in [0.4, 0.5) is 11.4 Å². The molecule has 0 radical (unpaired) electrons. The molecule has 0 spiro atoms. The molecular formula is C18H16N4O4S. The van der Waals surface area contributed by atoms with Crippen LogP contribution >= 0.6 is 11.8 Å². The molecule has 8 nitrogen and oxygen atoms in total. The summed E-state index contributed by atoms with van der Waals surface area (Å²) in [5, 5.41) is 15.1. The van der Waals surface area contributed by atoms with Crippen molar-refractivity contribution in [3.63, 3.8) is 0 Å². The molecule has 3 rings (SSSR count). The molecule has 1 saturated heterocycles. The SMILES string of the molecule is Cc1cccc(N2C(=O)CS/C2=N/NC(=O)c2ccc([N+](=O)[O-])cc2)c1C. The van der Waals surface area contributed by atoms with E-state index in [9.17, 15) is 19.7 Å². The van der Waals surface area contributed by atoms with Crippen LogP contribution in [-0.4, -0.2) is 27.7 Å². The normalized spacial score (nSPS) is 15.3. The molecule has 2 amide bonds. The maximum Gasteiger partial charge on any atom is 0.271 e. The smallest absolute Gasteiger partial charge is 0.271 e. The first kappa shape index (κ1) is 18.6. The Balaban J connectivity index is 1.81. The van der Waals surface area contributed by atoms with Crippen LogP contribution in [0.1, 0.15) is 21.5 Å². The average molecular weight is 384 g/mol. The number of nitrogens with one attached hydrogen (secondary N) is 1. The van der Waals surface area contributed by atoms with Crippen LogP contribution in [0, 0.1) is 24.0 Å². The van der Waals surface area contributed by atoms with Gasteiger partial charge >= 0.3 is 0 Å². The van der Waals surface area contributed by atoms with Crippen LogP contribution in [0.15, 0.2) is 47.6 Å². The van der Waals surface area contributed by atoms with Gasteiger partial charge in [0.25, 0.3) is 11.6 Å². The monoisotopic (exact) mass is 384 g/mol. The van der Waals surface area contributed by atoms with Gasteiger partial charge in [-0.1, -0.05) is 23.9 Å². The van der Waals surface area contributed by atoms with Gasteiger partial charge in [-0.3, -0.25) is 24.6 Å². The quantitative estimate of drug-likeness (QED) is 0.644. The highest BCUT2D eigenvalue weighted by atomic mass is 32.2. The third kappa shape index (κ3) is 3.82. The van der Waals surface area contributed by atoms with E-state index in [1.54, 1.807) is 0 Å². The van der Waals surface area contributed by atoms with Gasteiger partial charge in [0, 0.05) is 17.7 Å². The Morgan fingerprint density at radius 3 is 2.59 bits per heavy atom. The fraction of sp³-hybridized carbons (Fsp3) is 0.167. The van der Waals surface area contributed by atoms with Crippen molar-refractivity contribution in [3.8, 4) is 0 Å². The van der Waals surface area contributed by atoms with E-state index in [1.165, 1.54) is 40.9 Å². The number of nitro benzene ring substituents is 1. The maximum absolute atomic E-state index is 12.3. The van der Waals surface area contributed by atoms with Gasteiger partial charge in [0.05, 0.1) is 16.4 Å². The Hall–Kier alpha value is -3.20. The van der Waals surface area contributed by atoms with Gasteiger partial charge in [-0.05, 0) is 43.2 Å². The zero-order chi connectivity index (χ0) is 19.6. The van der Waals surface area contributed by atoms with Gasteiger partial charge in [0.1, 0.15) is 0 Å². The molecule has 0 bridgehead atoms. The third-order valence-corrected chi connectivity index (χ3v) is 5.10. The number of thioether (sulfide) groups is 1. The highest BCUT2D eigenvalue weighted by molar-refractivity contribution is 8.15. The van der Waals surface area contributed by atoms with Gasteiger partial charge in [0.2, 0.25) is 5.91 Å². The van der Waals surface area contributed by atoms with Crippen molar-refractivity contribution in [2.45, 2.75) is 13.8 Å². The molecule has 1 N–H and O–H groups in total. The minimum atomic E-state index is -0.537. The van der Waals surface area contributed by atoms with Gasteiger partial charge in [-0.2, -0.15) is 0 Å². The summed E-state index contributed by atoms with van der Waals surface area (Å²) in [7, 11) is 0. The van der Waals surface area contributed by atoms with Crippen LogP contribution < -0.4 is 10.3 Å². The summed E-state index contributed by atoms with van der Waals surface area (Å²) in [5.74, 6) is -0.394. The molecule has 27 heavy (non-hydrogen) atoms. The lowest BCUT2D eigenvalue weighted by Crippen LogP contribution is -2.32. The Morgan fingerprint density at radius 1 is 1.22 bits per heavy atom. The lowest BCUT2D eigenvalue weighted by atomic mass is 10.1. The number of carbonyl (C=O) groups is 2. The van der Waals surface area contributed by atoms with Crippen molar-refractivity contribution in [2.75, 3.05) is 10.7 Å². The van der Waals surface area contributed by atoms with E-state index in [0.717, 1.165) is 16.8 Å². The second-order valence-corrected chi connectivity index (χ2v) is 6.82. The fourth-order valence-corrected chi connectivity index (χ4v) is 3.38. The van der Waals surface area contributed by atoms with Crippen molar-refractivity contribution in [2.24, 2.45) is 5.10 Å². The summed E-state index contributed by atoms with van der Waals surface area (Å²) in [6.07, 6.45) is 0. The number of carbonyl (C=O) groups excluding carboxylic acids is 2. The fourth-order valence-electron chi connectivity index (χ4n) is 2.56. The Bertz CT molecular complexity index is 956. The number of nitrogens with zero attached hydrogens (tertiary/aromatic N) is 3. The topological polar surface area (TPSA) is 105 Å². The summed E-state index contributed by atoms with van der Waals surface area (Å²) in [5.41, 5.74) is 5.28. The second-order valence-electron chi connectivity index (χ2n) is 5.88. The van der Waals surface area contributed by atoms with E-state index in [2.05, 4.69) is 10.5 Å². The van der Waals surface area contributed by atoms with Gasteiger partial charge in [-0.25, -0.2) is 5.43 Å². The second kappa shape index (κ2) is 7.58. The van der Waals surface area contributed by atoms with Crippen LogP contribution in [0.3, 0.4) is 0 Å². The molecule has 2 aromatic rings. The van der Waals surface area contributed by atoms with Gasteiger partial charge < -0.3 is 0 Å². The van der Waals surface area contributed by atoms with Crippen LogP contribution in [0.25, 0.3) is 0 Å². The number of nitro groups is 1. The van der Waals surface area contributed by atoms with Crippen LogP contribution in [0.5, 0.6) is 0 Å². The number of hydrazone groups is 1. The van der Waals surface area contributed by atoms with E-state index in [0.29, 0.717) is 5.17 Å². The maximum atomic E-state index is 12.3. The lowest BCUT2D eigenvalue weighted by molar-refractivity contribution is -0.384. The van der Waals surface area contributed by atoms with Crippen molar-refractivity contribution in [3.05, 3.63) is 69.3 Å². The van der Waals surface area contributed by atoms with Gasteiger partial charge in [0.15, 0.2) is 5.17 Å². The van der Waals surface area contributed by atoms with Gasteiger partial charge in [-0.15, -0.1) is 5.10 Å². The Kier molecular flexibility index (Phi) is 5.22. The third-order valence-electron chi connectivity index (χ3n) is 4.18. The van der Waals surface area contributed by atoms with Crippen molar-refractivity contribution in [1.29, 1.82) is 0 Å². The molecule has 9 heteroatoms. The molecule has 0 aromatic heterocycles. The van der Waals surface area contributed by atoms with E-state index in [1.807, 2.05) is 32.0 Å². The number of hydrogen-bond donors (Lipinski definition) is 1. The molecule has 1 fully saturated rings. The minimum Gasteiger partial charge on any atom is -0.273 e. The number of amides is 2. The standard InChI is InChI=1S/C18H16N4O4S/c1-11-4-3-5-15(12(11)2)21-16(23)10-27-18(21)20-19-17(24)13-6-8-14(9-7-13)22(25)26/h3-9H,10H2,1-2H3,(H,19,24)/b20-18+. The number of amidine groups is 1. The highest BCUT2D eigenvalue weighted by Gasteiger charge is 2.31. The first-order valence-electron chi connectivity index (χ1n) is 8.03. The Morgan fingerprint density at radius 2 is 1.93 bits per heavy atom. The predicted octanol–water partition coefficient (Wildman–Crippen LogP) is 2.99. The summed E-state index contributed by atoms with van der Waals surface area (Å²) >= 11 is 1.23. The molecule has 1 heterocycles. The summed E-state index contributed by atoms with van der Waals surface area (Å²) in [6, 6.07) is 10.9. The largest absolute Gasteiger partial charge is 0.273 e. The number of aryl methyl sites for hydroxylation is 1. The molecule has 0 atom stereocenters. The lowest BCUT2D eigenvalue weighted by Gasteiger charge is -2.19. The molecule has 0 aliphatic carbocycles. The first-order chi connectivity index (χ1) is 12.9. The molecule has 1 aliphatic rings.